The smallest absolute Gasteiger partial charge is 0.165 e. The number of ether oxygens (including phenoxy) is 1. The Bertz CT molecular complexity index is 765. The molecule has 1 aromatic carbocycles. The topological polar surface area (TPSA) is 41.5 Å². The number of benzene rings is 1. The number of fused-ring (bicyclic) bond motifs is 2. The molecular formula is C19H23FN4O. The summed E-state index contributed by atoms with van der Waals surface area (Å²) in [5.41, 5.74) is 2.00. The molecule has 0 saturated carbocycles. The summed E-state index contributed by atoms with van der Waals surface area (Å²) in [7, 11) is 1.49. The van der Waals surface area contributed by atoms with Crippen LogP contribution in [0.2, 0.25) is 0 Å². The monoisotopic (exact) mass is 342 g/mol. The van der Waals surface area contributed by atoms with Crippen molar-refractivity contribution in [3.63, 3.8) is 0 Å². The number of piperazine rings is 1. The van der Waals surface area contributed by atoms with Crippen molar-refractivity contribution in [2.75, 3.05) is 25.1 Å². The largest absolute Gasteiger partial charge is 0.494 e. The van der Waals surface area contributed by atoms with Gasteiger partial charge in [-0.05, 0) is 38.0 Å². The van der Waals surface area contributed by atoms with Gasteiger partial charge in [-0.2, -0.15) is 0 Å². The summed E-state index contributed by atoms with van der Waals surface area (Å²) in [6.45, 7) is 6.65. The van der Waals surface area contributed by atoms with Gasteiger partial charge in [0.2, 0.25) is 0 Å². The van der Waals surface area contributed by atoms with E-state index in [1.807, 2.05) is 19.9 Å². The fraction of sp³-hybridized carbons (Fsp3) is 0.474. The minimum Gasteiger partial charge on any atom is -0.494 e. The highest BCUT2D eigenvalue weighted by atomic mass is 19.1. The molecule has 3 aliphatic heterocycles. The number of aryl methyl sites for hydroxylation is 2. The van der Waals surface area contributed by atoms with Crippen LogP contribution in [-0.2, 0) is 6.54 Å². The third kappa shape index (κ3) is 3.06. The van der Waals surface area contributed by atoms with E-state index in [1.54, 1.807) is 12.1 Å². The highest BCUT2D eigenvalue weighted by Gasteiger charge is 2.44. The molecule has 3 aliphatic rings. The maximum atomic E-state index is 13.9. The predicted octanol–water partition coefficient (Wildman–Crippen LogP) is 2.70. The van der Waals surface area contributed by atoms with E-state index in [0.717, 1.165) is 42.5 Å². The second-order valence-electron chi connectivity index (χ2n) is 7.00. The second kappa shape index (κ2) is 6.26. The van der Waals surface area contributed by atoms with Crippen LogP contribution < -0.4 is 9.64 Å². The fourth-order valence-corrected chi connectivity index (χ4v) is 4.01. The van der Waals surface area contributed by atoms with E-state index in [2.05, 4.69) is 25.8 Å². The molecule has 2 aromatic rings. The van der Waals surface area contributed by atoms with Gasteiger partial charge in [0.25, 0.3) is 0 Å². The minimum atomic E-state index is -0.292. The van der Waals surface area contributed by atoms with E-state index in [1.165, 1.54) is 13.5 Å². The highest BCUT2D eigenvalue weighted by molar-refractivity contribution is 5.42. The summed E-state index contributed by atoms with van der Waals surface area (Å²) in [5, 5.41) is 0. The van der Waals surface area contributed by atoms with Gasteiger partial charge in [-0.1, -0.05) is 6.07 Å². The van der Waals surface area contributed by atoms with Crippen LogP contribution in [0.3, 0.4) is 0 Å². The van der Waals surface area contributed by atoms with Gasteiger partial charge in [0.05, 0.1) is 7.11 Å². The van der Waals surface area contributed by atoms with E-state index in [-0.39, 0.29) is 5.82 Å². The first-order valence-electron chi connectivity index (χ1n) is 8.69. The molecule has 2 atom stereocenters. The van der Waals surface area contributed by atoms with Gasteiger partial charge >= 0.3 is 0 Å². The van der Waals surface area contributed by atoms with Gasteiger partial charge in [-0.15, -0.1) is 0 Å². The Labute approximate surface area is 147 Å². The van der Waals surface area contributed by atoms with Crippen molar-refractivity contribution in [3.8, 4) is 5.75 Å². The Morgan fingerprint density at radius 2 is 1.92 bits per heavy atom. The number of anilines is 1. The van der Waals surface area contributed by atoms with E-state index in [4.69, 9.17) is 4.74 Å². The van der Waals surface area contributed by atoms with Gasteiger partial charge in [0, 0.05) is 43.5 Å². The summed E-state index contributed by atoms with van der Waals surface area (Å²) in [4.78, 5) is 13.8. The number of piperidine rings is 1. The van der Waals surface area contributed by atoms with Crippen LogP contribution >= 0.6 is 0 Å². The van der Waals surface area contributed by atoms with Crippen LogP contribution in [0.1, 0.15) is 23.5 Å². The zero-order chi connectivity index (χ0) is 17.6. The van der Waals surface area contributed by atoms with Crippen molar-refractivity contribution >= 4 is 5.82 Å². The first-order chi connectivity index (χ1) is 12.0. The minimum absolute atomic E-state index is 0.292. The normalized spacial score (nSPS) is 22.6. The molecule has 6 heteroatoms. The summed E-state index contributed by atoms with van der Waals surface area (Å²) < 4.78 is 18.9. The van der Waals surface area contributed by atoms with E-state index < -0.39 is 0 Å². The Kier molecular flexibility index (Phi) is 4.07. The molecule has 4 heterocycles. The van der Waals surface area contributed by atoms with E-state index in [0.29, 0.717) is 17.8 Å². The molecule has 5 rings (SSSR count). The predicted molar refractivity (Wildman–Crippen MR) is 94.4 cm³/mol. The molecule has 5 nitrogen and oxygen atoms in total. The summed E-state index contributed by atoms with van der Waals surface area (Å²) in [6.07, 6.45) is 1.21. The Morgan fingerprint density at radius 1 is 1.16 bits per heavy atom. The van der Waals surface area contributed by atoms with Crippen molar-refractivity contribution in [1.82, 2.24) is 14.9 Å². The molecule has 0 spiro atoms. The van der Waals surface area contributed by atoms with Crippen LogP contribution in [0.15, 0.2) is 24.3 Å². The Morgan fingerprint density at radius 3 is 2.56 bits per heavy atom. The Hall–Kier alpha value is -2.21. The molecule has 0 radical (unpaired) electrons. The molecule has 3 saturated heterocycles. The van der Waals surface area contributed by atoms with Gasteiger partial charge in [0.15, 0.2) is 11.6 Å². The molecule has 0 amide bonds. The number of hydrogen-bond acceptors (Lipinski definition) is 5. The number of methoxy groups -OCH3 is 1. The molecule has 2 unspecified atom stereocenters. The van der Waals surface area contributed by atoms with E-state index in [9.17, 15) is 4.39 Å². The third-order valence-electron chi connectivity index (χ3n) is 5.20. The highest BCUT2D eigenvalue weighted by Crippen LogP contribution is 2.35. The molecule has 1 aromatic heterocycles. The lowest BCUT2D eigenvalue weighted by Crippen LogP contribution is -2.68. The van der Waals surface area contributed by atoms with Crippen LogP contribution in [0, 0.1) is 19.7 Å². The van der Waals surface area contributed by atoms with Gasteiger partial charge in [-0.3, -0.25) is 4.90 Å². The van der Waals surface area contributed by atoms with Crippen molar-refractivity contribution < 1.29 is 9.13 Å². The standard InChI is InChI=1S/C19H23FN4O/c1-12-6-19(22-13(2)21-12)23-10-15-8-16(11-23)24(15)9-14-4-5-18(25-3)17(20)7-14/h4-7,15-16H,8-11H2,1-3H3. The van der Waals surface area contributed by atoms with Crippen molar-refractivity contribution in [2.45, 2.75) is 38.9 Å². The van der Waals surface area contributed by atoms with Crippen molar-refractivity contribution in [3.05, 3.63) is 47.2 Å². The number of rotatable bonds is 4. The molecule has 2 bridgehead atoms. The molecule has 25 heavy (non-hydrogen) atoms. The maximum absolute atomic E-state index is 13.9. The first kappa shape index (κ1) is 16.3. The molecule has 132 valence electrons. The lowest BCUT2D eigenvalue weighted by molar-refractivity contribution is -0.00877. The van der Waals surface area contributed by atoms with Crippen LogP contribution in [-0.4, -0.2) is 47.2 Å². The second-order valence-corrected chi connectivity index (χ2v) is 7.00. The first-order valence-corrected chi connectivity index (χ1v) is 8.69. The molecular weight excluding hydrogens is 319 g/mol. The summed E-state index contributed by atoms with van der Waals surface area (Å²) in [5.74, 6) is 1.85. The molecule has 0 N–H and O–H groups in total. The van der Waals surface area contributed by atoms with Gasteiger partial charge < -0.3 is 9.64 Å². The fourth-order valence-electron chi connectivity index (χ4n) is 4.01. The summed E-state index contributed by atoms with van der Waals surface area (Å²) in [6, 6.07) is 8.30. The zero-order valence-electron chi connectivity index (χ0n) is 14.9. The van der Waals surface area contributed by atoms with Crippen LogP contribution in [0.5, 0.6) is 5.75 Å². The number of hydrogen-bond donors (Lipinski definition) is 0. The third-order valence-corrected chi connectivity index (χ3v) is 5.20. The quantitative estimate of drug-likeness (QED) is 0.855. The van der Waals surface area contributed by atoms with Gasteiger partial charge in [-0.25, -0.2) is 14.4 Å². The lowest BCUT2D eigenvalue weighted by Gasteiger charge is -2.56. The number of nitrogens with zero attached hydrogens (tertiary/aromatic N) is 4. The zero-order valence-corrected chi connectivity index (χ0v) is 14.9. The van der Waals surface area contributed by atoms with Crippen LogP contribution in [0.4, 0.5) is 10.2 Å². The van der Waals surface area contributed by atoms with Crippen LogP contribution in [0.25, 0.3) is 0 Å². The average molecular weight is 342 g/mol. The SMILES string of the molecule is COc1ccc(CN2C3CC2CN(c2cc(C)nc(C)n2)C3)cc1F. The van der Waals surface area contributed by atoms with Crippen molar-refractivity contribution in [2.24, 2.45) is 0 Å². The molecule has 0 aliphatic carbocycles. The number of halogens is 1. The van der Waals surface area contributed by atoms with E-state index >= 15 is 0 Å². The summed E-state index contributed by atoms with van der Waals surface area (Å²) >= 11 is 0. The average Bonchev–Trinajstić information content (AvgIpc) is 2.59. The number of aromatic nitrogens is 2. The van der Waals surface area contributed by atoms with Gasteiger partial charge in [0.1, 0.15) is 11.6 Å². The maximum Gasteiger partial charge on any atom is 0.165 e. The Balaban J connectivity index is 1.44. The lowest BCUT2D eigenvalue weighted by atomic mass is 9.86. The van der Waals surface area contributed by atoms with Crippen molar-refractivity contribution in [1.29, 1.82) is 0 Å². The molecule has 3 fully saturated rings.